The molecule has 26 heavy (non-hydrogen) atoms. The standard InChI is InChI=1S/C18H24N6O2/c1-12-8-19-13(2)22-16(12)23-14-6-4-5-7-24(11-14)18(25)17-20-9-15(26-3)10-21-17/h8-10,14H,4-7,11H2,1-3H3,(H,19,22,23). The van der Waals surface area contributed by atoms with Crippen LogP contribution in [-0.2, 0) is 0 Å². The molecular weight excluding hydrogens is 332 g/mol. The van der Waals surface area contributed by atoms with Crippen molar-refractivity contribution in [2.24, 2.45) is 0 Å². The molecule has 138 valence electrons. The van der Waals surface area contributed by atoms with E-state index in [1.54, 1.807) is 7.11 Å². The second-order valence-corrected chi connectivity index (χ2v) is 6.48. The number of amides is 1. The first-order chi connectivity index (χ1) is 12.6. The highest BCUT2D eigenvalue weighted by Gasteiger charge is 2.25. The second kappa shape index (κ2) is 8.07. The second-order valence-electron chi connectivity index (χ2n) is 6.48. The van der Waals surface area contributed by atoms with Gasteiger partial charge in [-0.15, -0.1) is 0 Å². The van der Waals surface area contributed by atoms with Crippen LogP contribution >= 0.6 is 0 Å². The minimum Gasteiger partial charge on any atom is -0.494 e. The van der Waals surface area contributed by atoms with Crippen molar-refractivity contribution in [1.29, 1.82) is 0 Å². The summed E-state index contributed by atoms with van der Waals surface area (Å²) in [7, 11) is 1.54. The first kappa shape index (κ1) is 18.0. The smallest absolute Gasteiger partial charge is 0.291 e. The van der Waals surface area contributed by atoms with E-state index in [4.69, 9.17) is 4.74 Å². The molecular formula is C18H24N6O2. The van der Waals surface area contributed by atoms with Crippen LogP contribution < -0.4 is 10.1 Å². The number of hydrogen-bond acceptors (Lipinski definition) is 7. The van der Waals surface area contributed by atoms with Crippen molar-refractivity contribution in [2.75, 3.05) is 25.5 Å². The number of carbonyl (C=O) groups is 1. The number of hydrogen-bond donors (Lipinski definition) is 1. The Morgan fingerprint density at radius 3 is 2.69 bits per heavy atom. The third kappa shape index (κ3) is 4.25. The SMILES string of the molecule is COc1cnc(C(=O)N2CCCCC(Nc3nc(C)ncc3C)C2)nc1. The van der Waals surface area contributed by atoms with Crippen molar-refractivity contribution in [3.05, 3.63) is 35.8 Å². The molecule has 0 aliphatic carbocycles. The van der Waals surface area contributed by atoms with Crippen LogP contribution in [0.3, 0.4) is 0 Å². The van der Waals surface area contributed by atoms with E-state index in [2.05, 4.69) is 25.3 Å². The summed E-state index contributed by atoms with van der Waals surface area (Å²) in [4.78, 5) is 31.5. The summed E-state index contributed by atoms with van der Waals surface area (Å²) < 4.78 is 5.05. The molecule has 1 unspecified atom stereocenters. The van der Waals surface area contributed by atoms with E-state index in [-0.39, 0.29) is 17.8 Å². The number of likely N-dealkylation sites (tertiary alicyclic amines) is 1. The first-order valence-electron chi connectivity index (χ1n) is 8.79. The minimum absolute atomic E-state index is 0.132. The number of carbonyl (C=O) groups excluding carboxylic acids is 1. The summed E-state index contributed by atoms with van der Waals surface area (Å²) in [6.45, 7) is 5.14. The molecule has 2 aromatic heterocycles. The average molecular weight is 356 g/mol. The van der Waals surface area contributed by atoms with E-state index >= 15 is 0 Å². The highest BCUT2D eigenvalue weighted by molar-refractivity contribution is 5.90. The molecule has 8 nitrogen and oxygen atoms in total. The normalized spacial score (nSPS) is 17.5. The Bertz CT molecular complexity index is 765. The lowest BCUT2D eigenvalue weighted by atomic mass is 10.1. The Kier molecular flexibility index (Phi) is 5.60. The summed E-state index contributed by atoms with van der Waals surface area (Å²) >= 11 is 0. The van der Waals surface area contributed by atoms with Crippen LogP contribution in [0.4, 0.5) is 5.82 Å². The van der Waals surface area contributed by atoms with Gasteiger partial charge in [0.05, 0.1) is 19.5 Å². The van der Waals surface area contributed by atoms with Crippen LogP contribution in [0.2, 0.25) is 0 Å². The maximum absolute atomic E-state index is 12.8. The van der Waals surface area contributed by atoms with Gasteiger partial charge in [0, 0.05) is 30.9 Å². The van der Waals surface area contributed by atoms with Crippen molar-refractivity contribution < 1.29 is 9.53 Å². The first-order valence-corrected chi connectivity index (χ1v) is 8.79. The predicted octanol–water partition coefficient (Wildman–Crippen LogP) is 2.00. The fraction of sp³-hybridized carbons (Fsp3) is 0.500. The largest absolute Gasteiger partial charge is 0.494 e. The molecule has 1 saturated heterocycles. The van der Waals surface area contributed by atoms with Gasteiger partial charge in [0.1, 0.15) is 11.6 Å². The summed E-state index contributed by atoms with van der Waals surface area (Å²) in [5.41, 5.74) is 0.996. The van der Waals surface area contributed by atoms with Gasteiger partial charge in [-0.2, -0.15) is 0 Å². The van der Waals surface area contributed by atoms with E-state index < -0.39 is 0 Å². The zero-order chi connectivity index (χ0) is 18.5. The molecule has 3 heterocycles. The molecule has 0 aromatic carbocycles. The van der Waals surface area contributed by atoms with Gasteiger partial charge in [-0.1, -0.05) is 0 Å². The maximum atomic E-state index is 12.8. The Hall–Kier alpha value is -2.77. The highest BCUT2D eigenvalue weighted by atomic mass is 16.5. The number of methoxy groups -OCH3 is 1. The van der Waals surface area contributed by atoms with E-state index in [0.29, 0.717) is 18.8 Å². The van der Waals surface area contributed by atoms with Crippen LogP contribution in [0.15, 0.2) is 18.6 Å². The zero-order valence-electron chi connectivity index (χ0n) is 15.4. The molecule has 2 aromatic rings. The molecule has 1 atom stereocenters. The summed E-state index contributed by atoms with van der Waals surface area (Å²) in [5, 5.41) is 3.48. The number of nitrogens with zero attached hydrogens (tertiary/aromatic N) is 5. The fourth-order valence-electron chi connectivity index (χ4n) is 2.99. The quantitative estimate of drug-likeness (QED) is 0.895. The van der Waals surface area contributed by atoms with Crippen LogP contribution in [0.5, 0.6) is 5.75 Å². The van der Waals surface area contributed by atoms with E-state index in [9.17, 15) is 4.79 Å². The van der Waals surface area contributed by atoms with Gasteiger partial charge in [0.2, 0.25) is 5.82 Å². The summed E-state index contributed by atoms with van der Waals surface area (Å²) in [6, 6.07) is 0.132. The van der Waals surface area contributed by atoms with Gasteiger partial charge < -0.3 is 15.0 Å². The number of aromatic nitrogens is 4. The lowest BCUT2D eigenvalue weighted by Crippen LogP contribution is -2.40. The molecule has 8 heteroatoms. The molecule has 1 aliphatic rings. The van der Waals surface area contributed by atoms with Crippen molar-refractivity contribution in [3.63, 3.8) is 0 Å². The lowest BCUT2D eigenvalue weighted by Gasteiger charge is -2.25. The minimum atomic E-state index is -0.156. The average Bonchev–Trinajstić information content (AvgIpc) is 2.90. The molecule has 0 saturated carbocycles. The fourth-order valence-corrected chi connectivity index (χ4v) is 2.99. The van der Waals surface area contributed by atoms with Crippen molar-refractivity contribution >= 4 is 11.7 Å². The Morgan fingerprint density at radius 1 is 1.19 bits per heavy atom. The number of rotatable bonds is 4. The molecule has 0 spiro atoms. The zero-order valence-corrected chi connectivity index (χ0v) is 15.4. The van der Waals surface area contributed by atoms with Gasteiger partial charge in [-0.25, -0.2) is 19.9 Å². The van der Waals surface area contributed by atoms with Crippen LogP contribution in [0.1, 0.15) is 41.3 Å². The lowest BCUT2D eigenvalue weighted by molar-refractivity contribution is 0.0745. The van der Waals surface area contributed by atoms with Crippen molar-refractivity contribution in [2.45, 2.75) is 39.2 Å². The van der Waals surface area contributed by atoms with Crippen LogP contribution in [0.25, 0.3) is 0 Å². The molecule has 1 N–H and O–H groups in total. The van der Waals surface area contributed by atoms with Crippen LogP contribution in [-0.4, -0.2) is 57.0 Å². The Morgan fingerprint density at radius 2 is 1.96 bits per heavy atom. The van der Waals surface area contributed by atoms with E-state index in [1.807, 2.05) is 24.9 Å². The predicted molar refractivity (Wildman–Crippen MR) is 97.3 cm³/mol. The number of aryl methyl sites for hydroxylation is 2. The third-order valence-corrected chi connectivity index (χ3v) is 4.45. The Balaban J connectivity index is 1.72. The number of ether oxygens (including phenoxy) is 1. The molecule has 1 amide bonds. The van der Waals surface area contributed by atoms with Crippen molar-refractivity contribution in [1.82, 2.24) is 24.8 Å². The maximum Gasteiger partial charge on any atom is 0.291 e. The summed E-state index contributed by atoms with van der Waals surface area (Å²) in [6.07, 6.45) is 7.84. The van der Waals surface area contributed by atoms with Crippen LogP contribution in [0, 0.1) is 13.8 Å². The van der Waals surface area contributed by atoms with E-state index in [0.717, 1.165) is 36.5 Å². The molecule has 0 bridgehead atoms. The molecule has 1 fully saturated rings. The van der Waals surface area contributed by atoms with Crippen molar-refractivity contribution in [3.8, 4) is 5.75 Å². The number of anilines is 1. The van der Waals surface area contributed by atoms with Gasteiger partial charge in [0.15, 0.2) is 5.75 Å². The van der Waals surface area contributed by atoms with Gasteiger partial charge in [-0.05, 0) is 33.1 Å². The molecule has 1 aliphatic heterocycles. The number of nitrogens with one attached hydrogen (secondary N) is 1. The molecule has 0 radical (unpaired) electrons. The van der Waals surface area contributed by atoms with E-state index in [1.165, 1.54) is 12.4 Å². The monoisotopic (exact) mass is 356 g/mol. The van der Waals surface area contributed by atoms with Gasteiger partial charge >= 0.3 is 0 Å². The molecule has 3 rings (SSSR count). The van der Waals surface area contributed by atoms with Gasteiger partial charge in [0.25, 0.3) is 5.91 Å². The third-order valence-electron chi connectivity index (χ3n) is 4.45. The topological polar surface area (TPSA) is 93.1 Å². The van der Waals surface area contributed by atoms with Gasteiger partial charge in [-0.3, -0.25) is 4.79 Å². The Labute approximate surface area is 153 Å². The highest BCUT2D eigenvalue weighted by Crippen LogP contribution is 2.18. The summed E-state index contributed by atoms with van der Waals surface area (Å²) in [5.74, 6) is 2.13.